The lowest BCUT2D eigenvalue weighted by atomic mass is 10.0. The largest absolute Gasteiger partial charge is 0.341 e. The molecule has 0 N–H and O–H groups in total. The highest BCUT2D eigenvalue weighted by atomic mass is 28.3. The zero-order valence-electron chi connectivity index (χ0n) is 18.6. The average molecular weight is 401 g/mol. The first-order valence-electron chi connectivity index (χ1n) is 10.8. The summed E-state index contributed by atoms with van der Waals surface area (Å²) in [6.07, 6.45) is 3.28. The molecule has 2 aromatic carbocycles. The fourth-order valence-electron chi connectivity index (χ4n) is 4.49. The quantitative estimate of drug-likeness (QED) is 0.344. The maximum atomic E-state index is 4.93. The molecule has 0 bridgehead atoms. The molecule has 0 spiro atoms. The van der Waals surface area contributed by atoms with Crippen molar-refractivity contribution in [3.63, 3.8) is 0 Å². The lowest BCUT2D eigenvalue weighted by Crippen LogP contribution is -2.40. The summed E-state index contributed by atoms with van der Waals surface area (Å²) in [5.41, 5.74) is 6.40. The molecule has 0 aliphatic heterocycles. The van der Waals surface area contributed by atoms with Gasteiger partial charge in [0, 0.05) is 40.1 Å². The number of aromatic nitrogens is 2. The van der Waals surface area contributed by atoms with Crippen molar-refractivity contribution in [1.29, 1.82) is 0 Å². The summed E-state index contributed by atoms with van der Waals surface area (Å²) in [5.74, 6) is 0.644. The Kier molecular flexibility index (Phi) is 5.12. The third-order valence-electron chi connectivity index (χ3n) is 5.81. The van der Waals surface area contributed by atoms with E-state index in [0.717, 1.165) is 18.7 Å². The third-order valence-corrected chi connectivity index (χ3v) is 7.88. The maximum absolute atomic E-state index is 4.93. The van der Waals surface area contributed by atoms with E-state index in [4.69, 9.17) is 4.98 Å². The molecule has 4 aromatic rings. The van der Waals surface area contributed by atoms with Crippen LogP contribution in [-0.2, 0) is 13.0 Å². The van der Waals surface area contributed by atoms with Gasteiger partial charge in [-0.15, -0.1) is 0 Å². The Balaban J connectivity index is 1.89. The van der Waals surface area contributed by atoms with Crippen LogP contribution in [-0.4, -0.2) is 17.6 Å². The highest BCUT2D eigenvalue weighted by Gasteiger charge is 2.22. The van der Waals surface area contributed by atoms with Gasteiger partial charge >= 0.3 is 0 Å². The van der Waals surface area contributed by atoms with Crippen LogP contribution in [0.3, 0.4) is 0 Å². The van der Waals surface area contributed by atoms with Crippen LogP contribution in [0.1, 0.15) is 26.3 Å². The molecule has 0 aliphatic rings. The van der Waals surface area contributed by atoms with Crippen molar-refractivity contribution in [2.75, 3.05) is 0 Å². The number of rotatable bonds is 5. The Morgan fingerprint density at radius 3 is 2.34 bits per heavy atom. The second kappa shape index (κ2) is 7.45. The fourth-order valence-corrected chi connectivity index (χ4v) is 6.08. The number of benzene rings is 2. The molecule has 150 valence electrons. The molecule has 2 nitrogen and oxygen atoms in total. The zero-order valence-corrected chi connectivity index (χ0v) is 19.6. The van der Waals surface area contributed by atoms with E-state index in [-0.39, 0.29) is 0 Å². The molecule has 0 radical (unpaired) electrons. The predicted molar refractivity (Wildman–Crippen MR) is 130 cm³/mol. The summed E-state index contributed by atoms with van der Waals surface area (Å²) in [6, 6.07) is 17.9. The van der Waals surface area contributed by atoms with Gasteiger partial charge in [-0.25, -0.2) is 0 Å². The molecule has 0 unspecified atom stereocenters. The van der Waals surface area contributed by atoms with E-state index >= 15 is 0 Å². The van der Waals surface area contributed by atoms with Crippen molar-refractivity contribution in [2.24, 2.45) is 5.92 Å². The topological polar surface area (TPSA) is 17.8 Å². The van der Waals surface area contributed by atoms with Crippen molar-refractivity contribution < 1.29 is 0 Å². The van der Waals surface area contributed by atoms with Gasteiger partial charge in [0.15, 0.2) is 0 Å². The summed E-state index contributed by atoms with van der Waals surface area (Å²) >= 11 is 0. The number of pyridine rings is 1. The number of fused-ring (bicyclic) bond motifs is 3. The van der Waals surface area contributed by atoms with Crippen LogP contribution in [0.15, 0.2) is 54.7 Å². The third kappa shape index (κ3) is 3.64. The number of nitrogens with zero attached hydrogens (tertiary/aromatic N) is 2. The summed E-state index contributed by atoms with van der Waals surface area (Å²) in [5, 5.41) is 4.16. The number of hydrogen-bond acceptors (Lipinski definition) is 1. The van der Waals surface area contributed by atoms with Crippen molar-refractivity contribution in [3.05, 3.63) is 60.3 Å². The molecule has 0 saturated heterocycles. The van der Waals surface area contributed by atoms with E-state index in [9.17, 15) is 0 Å². The molecule has 0 saturated carbocycles. The standard InChI is InChI=1S/C26H32N2Si/c1-7-28-24-11-9-8-10-21(24)22-13-12-19(16-25(22)28)23-15-20(14-18(2)3)26(17-27-23)29(4,5)6/h8-13,15-18H,7,14H2,1-6H3. The predicted octanol–water partition coefficient (Wildman–Crippen LogP) is 6.62. The van der Waals surface area contributed by atoms with Gasteiger partial charge in [-0.05, 0) is 48.2 Å². The highest BCUT2D eigenvalue weighted by Crippen LogP contribution is 2.32. The van der Waals surface area contributed by atoms with Crippen LogP contribution in [0.4, 0.5) is 0 Å². The van der Waals surface area contributed by atoms with Crippen molar-refractivity contribution >= 4 is 35.1 Å². The normalized spacial score (nSPS) is 12.4. The van der Waals surface area contributed by atoms with E-state index in [1.54, 1.807) is 0 Å². The SMILES string of the molecule is CCn1c2ccccc2c2ccc(-c3cc(CC(C)C)c([Si](C)(C)C)cn3)cc21. The molecule has 2 heterocycles. The monoisotopic (exact) mass is 400 g/mol. The Morgan fingerprint density at radius 2 is 1.66 bits per heavy atom. The van der Waals surface area contributed by atoms with Crippen LogP contribution in [0, 0.1) is 5.92 Å². The maximum Gasteiger partial charge on any atom is 0.0799 e. The van der Waals surface area contributed by atoms with Gasteiger partial charge in [-0.3, -0.25) is 4.98 Å². The molecule has 0 atom stereocenters. The Morgan fingerprint density at radius 1 is 0.931 bits per heavy atom. The fraction of sp³-hybridized carbons (Fsp3) is 0.346. The minimum atomic E-state index is -1.42. The molecule has 2 aromatic heterocycles. The number of aryl methyl sites for hydroxylation is 1. The Hall–Kier alpha value is -2.39. The van der Waals surface area contributed by atoms with Gasteiger partial charge in [0.05, 0.1) is 13.8 Å². The van der Waals surface area contributed by atoms with Gasteiger partial charge in [0.25, 0.3) is 0 Å². The summed E-state index contributed by atoms with van der Waals surface area (Å²) < 4.78 is 2.42. The summed E-state index contributed by atoms with van der Waals surface area (Å²) in [7, 11) is -1.42. The van der Waals surface area contributed by atoms with Gasteiger partial charge in [-0.1, -0.05) is 63.8 Å². The van der Waals surface area contributed by atoms with E-state index in [2.05, 4.69) is 99.7 Å². The van der Waals surface area contributed by atoms with Crippen LogP contribution >= 0.6 is 0 Å². The second-order valence-corrected chi connectivity index (χ2v) is 14.6. The molecule has 29 heavy (non-hydrogen) atoms. The molecule has 0 aliphatic carbocycles. The molecule has 3 heteroatoms. The van der Waals surface area contributed by atoms with Crippen molar-refractivity contribution in [2.45, 2.75) is 53.4 Å². The van der Waals surface area contributed by atoms with Crippen LogP contribution in [0.2, 0.25) is 19.6 Å². The molecule has 0 fully saturated rings. The average Bonchev–Trinajstić information content (AvgIpc) is 2.99. The van der Waals surface area contributed by atoms with E-state index in [1.807, 2.05) is 0 Å². The molecular formula is C26H32N2Si. The first kappa shape index (κ1) is 19.9. The number of para-hydroxylation sites is 1. The van der Waals surface area contributed by atoms with E-state index in [0.29, 0.717) is 5.92 Å². The Labute approximate surface area is 175 Å². The number of hydrogen-bond donors (Lipinski definition) is 0. The molecule has 0 amide bonds. The first-order valence-corrected chi connectivity index (χ1v) is 14.3. The summed E-state index contributed by atoms with van der Waals surface area (Å²) in [6.45, 7) is 15.0. The summed E-state index contributed by atoms with van der Waals surface area (Å²) in [4.78, 5) is 4.93. The van der Waals surface area contributed by atoms with Gasteiger partial charge < -0.3 is 4.57 Å². The minimum Gasteiger partial charge on any atom is -0.341 e. The van der Waals surface area contributed by atoms with Gasteiger partial charge in [0.2, 0.25) is 0 Å². The lowest BCUT2D eigenvalue weighted by molar-refractivity contribution is 0.649. The molecule has 4 rings (SSSR count). The second-order valence-electron chi connectivity index (χ2n) is 9.57. The molecular weight excluding hydrogens is 368 g/mol. The first-order chi connectivity index (χ1) is 13.8. The minimum absolute atomic E-state index is 0.644. The van der Waals surface area contributed by atoms with Crippen molar-refractivity contribution in [1.82, 2.24) is 9.55 Å². The van der Waals surface area contributed by atoms with E-state index < -0.39 is 8.07 Å². The highest BCUT2D eigenvalue weighted by molar-refractivity contribution is 6.89. The Bertz CT molecular complexity index is 1180. The van der Waals surface area contributed by atoms with Crippen molar-refractivity contribution in [3.8, 4) is 11.3 Å². The van der Waals surface area contributed by atoms with E-state index in [1.165, 1.54) is 38.1 Å². The van der Waals surface area contributed by atoms with Crippen LogP contribution in [0.25, 0.3) is 33.1 Å². The lowest BCUT2D eigenvalue weighted by Gasteiger charge is -2.22. The van der Waals surface area contributed by atoms with Crippen LogP contribution in [0.5, 0.6) is 0 Å². The van der Waals surface area contributed by atoms with Crippen LogP contribution < -0.4 is 5.19 Å². The smallest absolute Gasteiger partial charge is 0.0799 e. The zero-order chi connectivity index (χ0) is 20.8. The van der Waals surface area contributed by atoms with Gasteiger partial charge in [-0.2, -0.15) is 0 Å². The van der Waals surface area contributed by atoms with Gasteiger partial charge in [0.1, 0.15) is 0 Å².